The molecule has 174 valence electrons. The molecule has 0 bridgehead atoms. The van der Waals surface area contributed by atoms with Crippen LogP contribution in [0.1, 0.15) is 24.8 Å². The van der Waals surface area contributed by atoms with E-state index in [1.807, 2.05) is 31.3 Å². The van der Waals surface area contributed by atoms with Crippen LogP contribution in [0, 0.1) is 0 Å². The normalized spacial score (nSPS) is 16.2. The van der Waals surface area contributed by atoms with E-state index >= 15 is 0 Å². The van der Waals surface area contributed by atoms with E-state index in [-0.39, 0.29) is 0 Å². The predicted octanol–water partition coefficient (Wildman–Crippen LogP) is 3.44. The van der Waals surface area contributed by atoms with Crippen molar-refractivity contribution in [2.45, 2.75) is 31.9 Å². The van der Waals surface area contributed by atoms with Crippen molar-refractivity contribution in [3.8, 4) is 11.5 Å². The maximum Gasteiger partial charge on any atom is 0.191 e. The van der Waals surface area contributed by atoms with Crippen molar-refractivity contribution in [2.75, 3.05) is 52.4 Å². The number of hydrogen-bond acceptors (Lipinski definition) is 5. The zero-order valence-corrected chi connectivity index (χ0v) is 19.5. The molecular weight excluding hydrogens is 404 g/mol. The molecule has 2 aromatic carbocycles. The number of rotatable bonds is 11. The van der Waals surface area contributed by atoms with E-state index in [4.69, 9.17) is 14.2 Å². The molecule has 1 fully saturated rings. The number of benzene rings is 2. The topological polar surface area (TPSA) is 67.4 Å². The lowest BCUT2D eigenvalue weighted by molar-refractivity contribution is 0.117. The second kappa shape index (κ2) is 12.8. The van der Waals surface area contributed by atoms with Gasteiger partial charge in [0, 0.05) is 63.2 Å². The fourth-order valence-corrected chi connectivity index (χ4v) is 3.78. The maximum absolute atomic E-state index is 5.75. The van der Waals surface area contributed by atoms with Crippen LogP contribution >= 0.6 is 0 Å². The molecule has 1 heterocycles. The number of nitrogens with zero attached hydrogens (tertiary/aromatic N) is 2. The molecule has 2 N–H and O–H groups in total. The van der Waals surface area contributed by atoms with Gasteiger partial charge in [-0.2, -0.15) is 0 Å². The van der Waals surface area contributed by atoms with Gasteiger partial charge in [-0.1, -0.05) is 30.3 Å². The summed E-state index contributed by atoms with van der Waals surface area (Å²) < 4.78 is 16.6. The summed E-state index contributed by atoms with van der Waals surface area (Å²) in [4.78, 5) is 6.73. The van der Waals surface area contributed by atoms with Gasteiger partial charge in [0.25, 0.3) is 0 Å². The summed E-state index contributed by atoms with van der Waals surface area (Å²) in [5, 5.41) is 6.97. The monoisotopic (exact) mass is 440 g/mol. The van der Waals surface area contributed by atoms with Crippen LogP contribution in [0.15, 0.2) is 53.5 Å². The fraction of sp³-hybridized carbons (Fsp3) is 0.480. The Morgan fingerprint density at radius 2 is 1.81 bits per heavy atom. The van der Waals surface area contributed by atoms with Crippen LogP contribution in [0.2, 0.25) is 0 Å². The minimum absolute atomic E-state index is 0.340. The zero-order valence-electron chi connectivity index (χ0n) is 19.5. The van der Waals surface area contributed by atoms with Crippen LogP contribution in [0.25, 0.3) is 0 Å². The molecule has 0 spiro atoms. The molecule has 3 rings (SSSR count). The second-order valence-corrected chi connectivity index (χ2v) is 7.89. The quantitative estimate of drug-likeness (QED) is 0.317. The Morgan fingerprint density at radius 3 is 2.50 bits per heavy atom. The highest BCUT2D eigenvalue weighted by Crippen LogP contribution is 2.30. The highest BCUT2D eigenvalue weighted by atomic mass is 16.5. The molecule has 1 aliphatic heterocycles. The van der Waals surface area contributed by atoms with E-state index < -0.39 is 0 Å². The number of unbranched alkanes of at least 4 members (excludes halogenated alkanes) is 1. The maximum atomic E-state index is 5.75. The molecule has 7 heteroatoms. The summed E-state index contributed by atoms with van der Waals surface area (Å²) in [5.74, 6) is 2.47. The molecule has 1 saturated heterocycles. The Balaban J connectivity index is 1.34. The summed E-state index contributed by atoms with van der Waals surface area (Å²) >= 11 is 0. The standard InChI is InChI=1S/C25H36N4O3/c1-26-25(27-12-7-8-14-32-19-20-9-5-4-6-10-20)28-21-11-13-29(18-21)22-15-23(30-2)17-24(16-22)31-3/h4-6,9-10,15-17,21H,7-8,11-14,18-19H2,1-3H3,(H2,26,27,28). The predicted molar refractivity (Wildman–Crippen MR) is 130 cm³/mol. The van der Waals surface area contributed by atoms with Crippen LogP contribution < -0.4 is 25.0 Å². The van der Waals surface area contributed by atoms with E-state index in [2.05, 4.69) is 44.8 Å². The summed E-state index contributed by atoms with van der Waals surface area (Å²) in [5.41, 5.74) is 2.33. The number of anilines is 1. The summed E-state index contributed by atoms with van der Waals surface area (Å²) in [6.07, 6.45) is 3.11. The van der Waals surface area contributed by atoms with Gasteiger partial charge in [-0.05, 0) is 24.8 Å². The highest BCUT2D eigenvalue weighted by Gasteiger charge is 2.24. The van der Waals surface area contributed by atoms with E-state index in [1.165, 1.54) is 5.56 Å². The van der Waals surface area contributed by atoms with Crippen molar-refractivity contribution in [3.05, 3.63) is 54.1 Å². The largest absolute Gasteiger partial charge is 0.497 e. The lowest BCUT2D eigenvalue weighted by Gasteiger charge is -2.21. The first-order chi connectivity index (χ1) is 15.7. The van der Waals surface area contributed by atoms with Crippen molar-refractivity contribution >= 4 is 11.6 Å². The molecule has 32 heavy (non-hydrogen) atoms. The Labute approximate surface area is 191 Å². The molecule has 0 aliphatic carbocycles. The van der Waals surface area contributed by atoms with Gasteiger partial charge in [-0.25, -0.2) is 0 Å². The molecule has 7 nitrogen and oxygen atoms in total. The van der Waals surface area contributed by atoms with E-state index in [9.17, 15) is 0 Å². The summed E-state index contributed by atoms with van der Waals surface area (Å²) in [6, 6.07) is 16.6. The SMILES string of the molecule is CN=C(NCCCCOCc1ccccc1)NC1CCN(c2cc(OC)cc(OC)c2)C1. The lowest BCUT2D eigenvalue weighted by atomic mass is 10.2. The Bertz CT molecular complexity index is 822. The smallest absolute Gasteiger partial charge is 0.191 e. The van der Waals surface area contributed by atoms with Crippen LogP contribution in [0.4, 0.5) is 5.69 Å². The van der Waals surface area contributed by atoms with Crippen molar-refractivity contribution in [1.29, 1.82) is 0 Å². The third kappa shape index (κ3) is 7.34. The van der Waals surface area contributed by atoms with Gasteiger partial charge in [0.1, 0.15) is 11.5 Å². The molecular formula is C25H36N4O3. The number of guanidine groups is 1. The van der Waals surface area contributed by atoms with Crippen molar-refractivity contribution < 1.29 is 14.2 Å². The van der Waals surface area contributed by atoms with Crippen LogP contribution in [-0.4, -0.2) is 59.5 Å². The van der Waals surface area contributed by atoms with E-state index in [0.717, 1.165) is 68.6 Å². The lowest BCUT2D eigenvalue weighted by Crippen LogP contribution is -2.44. The molecule has 0 radical (unpaired) electrons. The molecule has 1 atom stereocenters. The number of ether oxygens (including phenoxy) is 3. The number of hydrogen-bond donors (Lipinski definition) is 2. The van der Waals surface area contributed by atoms with Gasteiger partial charge in [-0.3, -0.25) is 4.99 Å². The van der Waals surface area contributed by atoms with Gasteiger partial charge in [0.15, 0.2) is 5.96 Å². The highest BCUT2D eigenvalue weighted by molar-refractivity contribution is 5.80. The Hall–Kier alpha value is -2.93. The van der Waals surface area contributed by atoms with Crippen LogP contribution in [0.3, 0.4) is 0 Å². The van der Waals surface area contributed by atoms with Crippen LogP contribution in [0.5, 0.6) is 11.5 Å². The minimum Gasteiger partial charge on any atom is -0.497 e. The minimum atomic E-state index is 0.340. The third-order valence-electron chi connectivity index (χ3n) is 5.57. The van der Waals surface area contributed by atoms with Crippen molar-refractivity contribution in [3.63, 3.8) is 0 Å². The summed E-state index contributed by atoms with van der Waals surface area (Å²) in [7, 11) is 5.17. The van der Waals surface area contributed by atoms with Gasteiger partial charge in [0.05, 0.1) is 20.8 Å². The first-order valence-electron chi connectivity index (χ1n) is 11.3. The van der Waals surface area contributed by atoms with Gasteiger partial charge in [-0.15, -0.1) is 0 Å². The van der Waals surface area contributed by atoms with Gasteiger partial charge >= 0.3 is 0 Å². The van der Waals surface area contributed by atoms with Gasteiger partial charge in [0.2, 0.25) is 0 Å². The van der Waals surface area contributed by atoms with Crippen molar-refractivity contribution in [1.82, 2.24) is 10.6 Å². The first-order valence-corrected chi connectivity index (χ1v) is 11.3. The molecule has 0 saturated carbocycles. The average molecular weight is 441 g/mol. The van der Waals surface area contributed by atoms with E-state index in [0.29, 0.717) is 12.6 Å². The van der Waals surface area contributed by atoms with E-state index in [1.54, 1.807) is 14.2 Å². The summed E-state index contributed by atoms with van der Waals surface area (Å²) in [6.45, 7) is 4.20. The number of methoxy groups -OCH3 is 2. The number of nitrogens with one attached hydrogen (secondary N) is 2. The van der Waals surface area contributed by atoms with Gasteiger partial charge < -0.3 is 29.7 Å². The zero-order chi connectivity index (χ0) is 22.6. The Kier molecular flexibility index (Phi) is 9.50. The van der Waals surface area contributed by atoms with Crippen molar-refractivity contribution in [2.24, 2.45) is 4.99 Å². The second-order valence-electron chi connectivity index (χ2n) is 7.89. The van der Waals surface area contributed by atoms with Crippen LogP contribution in [-0.2, 0) is 11.3 Å². The number of aliphatic imine (C=N–C) groups is 1. The first kappa shape index (κ1) is 23.7. The average Bonchev–Trinajstić information content (AvgIpc) is 3.31. The molecule has 1 aliphatic rings. The molecule has 0 aromatic heterocycles. The molecule has 1 unspecified atom stereocenters. The Morgan fingerprint density at radius 1 is 1.06 bits per heavy atom. The third-order valence-corrected chi connectivity index (χ3v) is 5.57. The molecule has 0 amide bonds. The molecule has 2 aromatic rings. The fourth-order valence-electron chi connectivity index (χ4n) is 3.78.